The van der Waals surface area contributed by atoms with Crippen molar-refractivity contribution >= 4 is 94.5 Å². The minimum atomic E-state index is -2.93. The van der Waals surface area contributed by atoms with E-state index in [1.807, 2.05) is 30.7 Å². The smallest absolute Gasteiger partial charge is 0.179 e. The van der Waals surface area contributed by atoms with Crippen LogP contribution in [0.1, 0.15) is 0 Å². The van der Waals surface area contributed by atoms with Crippen LogP contribution in [0.4, 0.5) is 0 Å². The van der Waals surface area contributed by atoms with Gasteiger partial charge in [-0.25, -0.2) is 4.98 Å². The highest BCUT2D eigenvalue weighted by Gasteiger charge is 2.41. The zero-order chi connectivity index (χ0) is 38.2. The van der Waals surface area contributed by atoms with Gasteiger partial charge in [-0.1, -0.05) is 121 Å². The molecule has 0 atom stereocenters. The zero-order valence-electron chi connectivity index (χ0n) is 31.3. The van der Waals surface area contributed by atoms with Gasteiger partial charge < -0.3 is 8.98 Å². The number of nitrogens with zero attached hydrogens (tertiary/aromatic N) is 4. The molecule has 0 amide bonds. The third kappa shape index (κ3) is 4.70. The average molecular weight is 759 g/mol. The number of aromatic nitrogens is 4. The Morgan fingerprint density at radius 3 is 1.86 bits per heavy atom. The van der Waals surface area contributed by atoms with Crippen molar-refractivity contribution in [1.82, 2.24) is 19.1 Å². The fourth-order valence-corrected chi connectivity index (χ4v) is 14.3. The molecule has 0 unspecified atom stereocenters. The van der Waals surface area contributed by atoms with E-state index in [0.717, 1.165) is 66.3 Å². The Kier molecular flexibility index (Phi) is 7.18. The topological polar surface area (TPSA) is 48.8 Å². The maximum absolute atomic E-state index is 6.47. The van der Waals surface area contributed by atoms with Crippen LogP contribution < -0.4 is 20.7 Å². The molecule has 6 heteroatoms. The molecule has 0 aliphatic heterocycles. The van der Waals surface area contributed by atoms with Crippen molar-refractivity contribution in [3.63, 3.8) is 0 Å². The fourth-order valence-electron chi connectivity index (χ4n) is 9.53. The van der Waals surface area contributed by atoms with Gasteiger partial charge in [0.1, 0.15) is 16.8 Å². The SMILES string of the molecule is c1ccc([Si](c2ccccc2)(c2ccc(-n3c4ccncc4c4cccnc43)cc2)c2cccc(-n3c4ccccc4c4cc5c(cc43)oc3ccccc35)c2)cc1. The lowest BCUT2D eigenvalue weighted by molar-refractivity contribution is 0.669. The number of rotatable bonds is 6. The Morgan fingerprint density at radius 1 is 0.379 bits per heavy atom. The molecule has 0 spiro atoms. The third-order valence-corrected chi connectivity index (χ3v) is 16.8. The van der Waals surface area contributed by atoms with Gasteiger partial charge in [-0.05, 0) is 81.4 Å². The Bertz CT molecular complexity index is 3420. The molecule has 5 nitrogen and oxygen atoms in total. The van der Waals surface area contributed by atoms with Gasteiger partial charge in [0.15, 0.2) is 8.07 Å². The first-order valence-electron chi connectivity index (χ1n) is 19.6. The summed E-state index contributed by atoms with van der Waals surface area (Å²) in [7, 11) is -2.93. The van der Waals surface area contributed by atoms with Crippen LogP contribution in [0.25, 0.3) is 77.1 Å². The fraction of sp³-hybridized carbons (Fsp3) is 0. The van der Waals surface area contributed by atoms with E-state index in [1.165, 1.54) is 31.5 Å². The largest absolute Gasteiger partial charge is 0.456 e. The summed E-state index contributed by atoms with van der Waals surface area (Å²) < 4.78 is 11.1. The van der Waals surface area contributed by atoms with Crippen molar-refractivity contribution < 1.29 is 4.42 Å². The molecule has 7 aromatic carbocycles. The van der Waals surface area contributed by atoms with Crippen molar-refractivity contribution in [3.05, 3.63) is 207 Å². The molecular weight excluding hydrogens is 725 g/mol. The van der Waals surface area contributed by atoms with Crippen molar-refractivity contribution in [2.45, 2.75) is 0 Å². The van der Waals surface area contributed by atoms with Gasteiger partial charge in [-0.3, -0.25) is 9.55 Å². The van der Waals surface area contributed by atoms with E-state index < -0.39 is 8.07 Å². The summed E-state index contributed by atoms with van der Waals surface area (Å²) in [5, 5.41) is 12.1. The monoisotopic (exact) mass is 758 g/mol. The summed E-state index contributed by atoms with van der Waals surface area (Å²) in [6.45, 7) is 0. The molecule has 0 fully saturated rings. The van der Waals surface area contributed by atoms with E-state index in [2.05, 4.69) is 190 Å². The quantitative estimate of drug-likeness (QED) is 0.125. The number of hydrogen-bond acceptors (Lipinski definition) is 3. The minimum absolute atomic E-state index is 0.890. The van der Waals surface area contributed by atoms with Crippen LogP contribution in [-0.4, -0.2) is 27.2 Å². The predicted octanol–water partition coefficient (Wildman–Crippen LogP) is 9.95. The molecule has 5 heterocycles. The lowest BCUT2D eigenvalue weighted by Crippen LogP contribution is -2.74. The van der Waals surface area contributed by atoms with Gasteiger partial charge in [0.05, 0.1) is 16.6 Å². The van der Waals surface area contributed by atoms with Gasteiger partial charge >= 0.3 is 0 Å². The van der Waals surface area contributed by atoms with Gasteiger partial charge in [0.2, 0.25) is 0 Å². The molecule has 58 heavy (non-hydrogen) atoms. The number of hydrogen-bond donors (Lipinski definition) is 0. The van der Waals surface area contributed by atoms with E-state index in [9.17, 15) is 0 Å². The lowest BCUT2D eigenvalue weighted by atomic mass is 10.1. The Balaban J connectivity index is 1.11. The van der Waals surface area contributed by atoms with Crippen molar-refractivity contribution in [2.75, 3.05) is 0 Å². The van der Waals surface area contributed by atoms with Crippen LogP contribution in [0.2, 0.25) is 0 Å². The standard InChI is InChI=1S/C52H34N4OSi/c1-3-14-37(15-4-1)58(38-16-5-2-6-17-38,39-26-24-35(25-27-39)56-48-28-30-53-34-46(48)43-21-12-29-54-52(43)56)40-18-11-13-36(31-40)55-47-22-9-7-19-41(47)44-32-45-42-20-8-10-23-50(42)57-51(45)33-49(44)55/h1-34H. The van der Waals surface area contributed by atoms with Crippen molar-refractivity contribution in [3.8, 4) is 11.4 Å². The summed E-state index contributed by atoms with van der Waals surface area (Å²) in [6.07, 6.45) is 5.67. The molecule has 0 saturated carbocycles. The summed E-state index contributed by atoms with van der Waals surface area (Å²) in [4.78, 5) is 9.31. The molecular formula is C52H34N4OSi. The maximum Gasteiger partial charge on any atom is 0.179 e. The molecule has 0 bridgehead atoms. The van der Waals surface area contributed by atoms with Crippen molar-refractivity contribution in [1.29, 1.82) is 0 Å². The Labute approximate surface area is 334 Å². The van der Waals surface area contributed by atoms with Gasteiger partial charge in [0, 0.05) is 68.3 Å². The van der Waals surface area contributed by atoms with Crippen LogP contribution in [0, 0.1) is 0 Å². The second-order valence-electron chi connectivity index (χ2n) is 15.0. The maximum atomic E-state index is 6.47. The van der Waals surface area contributed by atoms with E-state index in [0.29, 0.717) is 0 Å². The second-order valence-corrected chi connectivity index (χ2v) is 18.8. The normalized spacial score (nSPS) is 12.1. The molecule has 0 radical (unpaired) electrons. The first kappa shape index (κ1) is 32.7. The van der Waals surface area contributed by atoms with Crippen molar-refractivity contribution in [2.24, 2.45) is 0 Å². The Hall–Kier alpha value is -7.54. The summed E-state index contributed by atoms with van der Waals surface area (Å²) in [5.41, 5.74) is 8.27. The minimum Gasteiger partial charge on any atom is -0.456 e. The number of furan rings is 1. The number of pyridine rings is 2. The van der Waals surface area contributed by atoms with E-state index in [-0.39, 0.29) is 0 Å². The molecule has 0 saturated heterocycles. The molecule has 272 valence electrons. The first-order valence-corrected chi connectivity index (χ1v) is 21.6. The number of benzene rings is 7. The highest BCUT2D eigenvalue weighted by Crippen LogP contribution is 2.38. The zero-order valence-corrected chi connectivity index (χ0v) is 32.3. The number of fused-ring (bicyclic) bond motifs is 9. The van der Waals surface area contributed by atoms with E-state index >= 15 is 0 Å². The van der Waals surface area contributed by atoms with Crippen LogP contribution in [0.3, 0.4) is 0 Å². The molecule has 0 aliphatic carbocycles. The first-order chi connectivity index (χ1) is 28.8. The van der Waals surface area contributed by atoms with Crippen LogP contribution >= 0.6 is 0 Å². The average Bonchev–Trinajstić information content (AvgIpc) is 3.94. The summed E-state index contributed by atoms with van der Waals surface area (Å²) in [6, 6.07) is 68.6. The molecule has 0 aliphatic rings. The molecule has 0 N–H and O–H groups in total. The summed E-state index contributed by atoms with van der Waals surface area (Å²) in [5.74, 6) is 0. The third-order valence-electron chi connectivity index (χ3n) is 12.0. The van der Waals surface area contributed by atoms with E-state index in [1.54, 1.807) is 0 Å². The van der Waals surface area contributed by atoms with Gasteiger partial charge in [0.25, 0.3) is 0 Å². The van der Waals surface area contributed by atoms with Crippen LogP contribution in [-0.2, 0) is 0 Å². The van der Waals surface area contributed by atoms with Crippen LogP contribution in [0.5, 0.6) is 0 Å². The van der Waals surface area contributed by atoms with Gasteiger partial charge in [-0.15, -0.1) is 0 Å². The second kappa shape index (κ2) is 12.7. The summed E-state index contributed by atoms with van der Waals surface area (Å²) >= 11 is 0. The number of para-hydroxylation sites is 2. The van der Waals surface area contributed by atoms with Gasteiger partial charge in [-0.2, -0.15) is 0 Å². The van der Waals surface area contributed by atoms with Crippen LogP contribution in [0.15, 0.2) is 211 Å². The van der Waals surface area contributed by atoms with E-state index in [4.69, 9.17) is 9.40 Å². The molecule has 5 aromatic heterocycles. The predicted molar refractivity (Wildman–Crippen MR) is 242 cm³/mol. The lowest BCUT2D eigenvalue weighted by Gasteiger charge is -2.35. The molecule has 12 aromatic rings. The highest BCUT2D eigenvalue weighted by molar-refractivity contribution is 7.19. The molecule has 12 rings (SSSR count). The highest BCUT2D eigenvalue weighted by atomic mass is 28.3. The Morgan fingerprint density at radius 2 is 1.05 bits per heavy atom.